The molecule has 0 saturated heterocycles. The Labute approximate surface area is 145 Å². The van der Waals surface area contributed by atoms with Crippen LogP contribution < -0.4 is 15.6 Å². The Hall–Kier alpha value is -2.83. The lowest BCUT2D eigenvalue weighted by atomic mass is 10.2. The number of fused-ring (bicyclic) bond motifs is 3. The van der Waals surface area contributed by atoms with E-state index in [4.69, 9.17) is 4.74 Å². The van der Waals surface area contributed by atoms with Crippen LogP contribution in [0.15, 0.2) is 29.1 Å². The molecule has 1 atom stereocenters. The first-order valence-electron chi connectivity index (χ1n) is 8.31. The molecule has 0 spiro atoms. The number of carbonyl (C=O) groups excluding carboxylic acids is 1. The molecule has 1 aromatic carbocycles. The summed E-state index contributed by atoms with van der Waals surface area (Å²) in [7, 11) is 1.60. The number of nitrogens with zero attached hydrogens (tertiary/aromatic N) is 3. The fourth-order valence-corrected chi connectivity index (χ4v) is 2.95. The molecular formula is C18H22N4O3. The fraction of sp³-hybridized carbons (Fsp3) is 0.389. The van der Waals surface area contributed by atoms with Crippen molar-refractivity contribution in [2.75, 3.05) is 7.11 Å². The van der Waals surface area contributed by atoms with E-state index in [1.165, 1.54) is 4.68 Å². The zero-order valence-corrected chi connectivity index (χ0v) is 14.9. The molecule has 2 aromatic heterocycles. The van der Waals surface area contributed by atoms with Gasteiger partial charge in [0.2, 0.25) is 5.91 Å². The SMILES string of the molecule is CCC(C)NC(=O)Cn1nc(C)n2c(cc3c(OC)cccc32)c1=O. The summed E-state index contributed by atoms with van der Waals surface area (Å²) in [5.41, 5.74) is 1.03. The summed E-state index contributed by atoms with van der Waals surface area (Å²) in [5.74, 6) is 1.11. The van der Waals surface area contributed by atoms with Crippen molar-refractivity contribution in [3.8, 4) is 5.75 Å². The summed E-state index contributed by atoms with van der Waals surface area (Å²) < 4.78 is 8.39. The Morgan fingerprint density at radius 1 is 1.36 bits per heavy atom. The molecule has 3 aromatic rings. The highest BCUT2D eigenvalue weighted by atomic mass is 16.5. The number of amides is 1. The predicted molar refractivity (Wildman–Crippen MR) is 96.1 cm³/mol. The highest BCUT2D eigenvalue weighted by Crippen LogP contribution is 2.28. The maximum atomic E-state index is 12.8. The molecule has 1 amide bonds. The van der Waals surface area contributed by atoms with Crippen LogP contribution in [-0.2, 0) is 11.3 Å². The van der Waals surface area contributed by atoms with Crippen LogP contribution in [0.25, 0.3) is 16.4 Å². The van der Waals surface area contributed by atoms with Crippen LogP contribution >= 0.6 is 0 Å². The lowest BCUT2D eigenvalue weighted by Gasteiger charge is -2.12. The molecule has 0 aliphatic carbocycles. The lowest BCUT2D eigenvalue weighted by Crippen LogP contribution is -2.38. The van der Waals surface area contributed by atoms with Crippen LogP contribution in [0.1, 0.15) is 26.1 Å². The van der Waals surface area contributed by atoms with E-state index in [0.717, 1.165) is 17.3 Å². The van der Waals surface area contributed by atoms with Crippen LogP contribution in [0.5, 0.6) is 5.75 Å². The Morgan fingerprint density at radius 3 is 2.80 bits per heavy atom. The molecule has 0 aliphatic heterocycles. The van der Waals surface area contributed by atoms with E-state index in [2.05, 4.69) is 10.4 Å². The van der Waals surface area contributed by atoms with Gasteiger partial charge in [0.15, 0.2) is 0 Å². The van der Waals surface area contributed by atoms with E-state index in [0.29, 0.717) is 17.1 Å². The third-order valence-corrected chi connectivity index (χ3v) is 4.38. The number of carbonyl (C=O) groups is 1. The molecule has 25 heavy (non-hydrogen) atoms. The number of ether oxygens (including phenoxy) is 1. The maximum absolute atomic E-state index is 12.8. The first-order chi connectivity index (χ1) is 12.0. The Morgan fingerprint density at radius 2 is 2.12 bits per heavy atom. The van der Waals surface area contributed by atoms with E-state index in [1.54, 1.807) is 17.6 Å². The summed E-state index contributed by atoms with van der Waals surface area (Å²) in [4.78, 5) is 24.9. The number of aryl methyl sites for hydroxylation is 1. The quantitative estimate of drug-likeness (QED) is 0.768. The molecule has 1 N–H and O–H groups in total. The molecule has 0 aliphatic rings. The Balaban J connectivity index is 2.11. The smallest absolute Gasteiger partial charge is 0.291 e. The number of aromatic nitrogens is 3. The molecule has 2 heterocycles. The van der Waals surface area contributed by atoms with Crippen LogP contribution in [-0.4, -0.2) is 33.2 Å². The second kappa shape index (κ2) is 6.58. The van der Waals surface area contributed by atoms with Gasteiger partial charge in [-0.2, -0.15) is 5.10 Å². The minimum Gasteiger partial charge on any atom is -0.496 e. The second-order valence-electron chi connectivity index (χ2n) is 6.14. The summed E-state index contributed by atoms with van der Waals surface area (Å²) in [6, 6.07) is 7.49. The van der Waals surface area contributed by atoms with Crippen LogP contribution in [0.3, 0.4) is 0 Å². The predicted octanol–water partition coefficient (Wildman–Crippen LogP) is 1.88. The highest BCUT2D eigenvalue weighted by Gasteiger charge is 2.16. The average Bonchev–Trinajstić information content (AvgIpc) is 2.99. The van der Waals surface area contributed by atoms with Gasteiger partial charge < -0.3 is 10.1 Å². The second-order valence-corrected chi connectivity index (χ2v) is 6.14. The average molecular weight is 342 g/mol. The van der Waals surface area contributed by atoms with Gasteiger partial charge in [0, 0.05) is 11.4 Å². The number of benzene rings is 1. The number of rotatable bonds is 5. The minimum atomic E-state index is -0.303. The van der Waals surface area contributed by atoms with E-state index < -0.39 is 0 Å². The van der Waals surface area contributed by atoms with E-state index in [9.17, 15) is 9.59 Å². The largest absolute Gasteiger partial charge is 0.496 e. The maximum Gasteiger partial charge on any atom is 0.291 e. The van der Waals surface area contributed by atoms with Gasteiger partial charge in [0.25, 0.3) is 5.56 Å². The molecule has 0 bridgehead atoms. The van der Waals surface area contributed by atoms with Gasteiger partial charge in [-0.3, -0.25) is 14.0 Å². The molecular weight excluding hydrogens is 320 g/mol. The van der Waals surface area contributed by atoms with Crippen molar-refractivity contribution in [3.63, 3.8) is 0 Å². The van der Waals surface area contributed by atoms with Gasteiger partial charge in [-0.05, 0) is 38.5 Å². The van der Waals surface area contributed by atoms with Gasteiger partial charge in [0.1, 0.15) is 23.6 Å². The topological polar surface area (TPSA) is 77.6 Å². The molecule has 1 unspecified atom stereocenters. The molecule has 0 fully saturated rings. The molecule has 0 radical (unpaired) electrons. The van der Waals surface area contributed by atoms with E-state index in [1.807, 2.05) is 39.0 Å². The molecule has 0 saturated carbocycles. The first-order valence-corrected chi connectivity index (χ1v) is 8.31. The van der Waals surface area contributed by atoms with Crippen molar-refractivity contribution in [1.82, 2.24) is 19.5 Å². The van der Waals surface area contributed by atoms with Crippen molar-refractivity contribution in [1.29, 1.82) is 0 Å². The van der Waals surface area contributed by atoms with Crippen molar-refractivity contribution < 1.29 is 9.53 Å². The van der Waals surface area contributed by atoms with E-state index >= 15 is 0 Å². The molecule has 7 nitrogen and oxygen atoms in total. The summed E-state index contributed by atoms with van der Waals surface area (Å²) >= 11 is 0. The van der Waals surface area contributed by atoms with Crippen LogP contribution in [0.2, 0.25) is 0 Å². The third-order valence-electron chi connectivity index (χ3n) is 4.38. The molecule has 3 rings (SSSR count). The van der Waals surface area contributed by atoms with Gasteiger partial charge in [-0.15, -0.1) is 0 Å². The number of nitrogens with one attached hydrogen (secondary N) is 1. The van der Waals surface area contributed by atoms with Crippen LogP contribution in [0, 0.1) is 6.92 Å². The van der Waals surface area contributed by atoms with Crippen molar-refractivity contribution in [3.05, 3.63) is 40.4 Å². The Bertz CT molecular complexity index is 1000. The van der Waals surface area contributed by atoms with Gasteiger partial charge >= 0.3 is 0 Å². The standard InChI is InChI=1S/C18H22N4O3/c1-5-11(2)19-17(23)10-21-18(24)15-9-13-14(22(15)12(3)20-21)7-6-8-16(13)25-4/h6-9,11H,5,10H2,1-4H3,(H,19,23). The number of methoxy groups -OCH3 is 1. The van der Waals surface area contributed by atoms with Crippen molar-refractivity contribution in [2.24, 2.45) is 0 Å². The van der Waals surface area contributed by atoms with Crippen LogP contribution in [0.4, 0.5) is 0 Å². The fourth-order valence-electron chi connectivity index (χ4n) is 2.95. The normalized spacial score (nSPS) is 12.5. The monoisotopic (exact) mass is 342 g/mol. The van der Waals surface area contributed by atoms with Crippen molar-refractivity contribution in [2.45, 2.75) is 39.8 Å². The highest BCUT2D eigenvalue weighted by molar-refractivity contribution is 5.92. The summed E-state index contributed by atoms with van der Waals surface area (Å²) in [6.45, 7) is 5.63. The van der Waals surface area contributed by atoms with Gasteiger partial charge in [0.05, 0.1) is 12.6 Å². The van der Waals surface area contributed by atoms with Gasteiger partial charge in [-0.25, -0.2) is 4.68 Å². The lowest BCUT2D eigenvalue weighted by molar-refractivity contribution is -0.122. The minimum absolute atomic E-state index is 0.0631. The number of hydrogen-bond acceptors (Lipinski definition) is 4. The van der Waals surface area contributed by atoms with Gasteiger partial charge in [-0.1, -0.05) is 13.0 Å². The van der Waals surface area contributed by atoms with E-state index in [-0.39, 0.29) is 24.1 Å². The Kier molecular flexibility index (Phi) is 4.48. The third kappa shape index (κ3) is 2.97. The number of hydrogen-bond donors (Lipinski definition) is 1. The molecule has 7 heteroatoms. The summed E-state index contributed by atoms with van der Waals surface area (Å²) in [6.07, 6.45) is 0.829. The zero-order valence-electron chi connectivity index (χ0n) is 14.9. The van der Waals surface area contributed by atoms with Crippen molar-refractivity contribution >= 4 is 22.3 Å². The summed E-state index contributed by atoms with van der Waals surface area (Å²) in [5, 5.41) is 8.01. The zero-order chi connectivity index (χ0) is 18.1. The first kappa shape index (κ1) is 17.0. The molecule has 132 valence electrons.